The van der Waals surface area contributed by atoms with E-state index >= 15 is 0 Å². The number of aromatic nitrogens is 2. The number of nitrogens with one attached hydrogen (secondary N) is 1. The van der Waals surface area contributed by atoms with Crippen LogP contribution >= 0.6 is 11.3 Å². The first kappa shape index (κ1) is 19.1. The fraction of sp³-hybridized carbons (Fsp3) is 0.368. The van der Waals surface area contributed by atoms with E-state index in [2.05, 4.69) is 29.1 Å². The van der Waals surface area contributed by atoms with Crippen molar-refractivity contribution in [1.29, 1.82) is 0 Å². The molecule has 0 aliphatic carbocycles. The number of rotatable bonds is 8. The summed E-state index contributed by atoms with van der Waals surface area (Å²) >= 11 is 1.58. The van der Waals surface area contributed by atoms with Crippen molar-refractivity contribution in [1.82, 2.24) is 9.97 Å². The van der Waals surface area contributed by atoms with E-state index in [1.165, 1.54) is 0 Å². The molecule has 0 bridgehead atoms. The van der Waals surface area contributed by atoms with Gasteiger partial charge in [0.25, 0.3) is 0 Å². The number of allylic oxidation sites excluding steroid dienone is 2. The molecule has 0 saturated carbocycles. The molecule has 6 heteroatoms. The Morgan fingerprint density at radius 1 is 1.32 bits per heavy atom. The van der Waals surface area contributed by atoms with Gasteiger partial charge >= 0.3 is 0 Å². The van der Waals surface area contributed by atoms with Gasteiger partial charge in [-0.05, 0) is 56.2 Å². The predicted molar refractivity (Wildman–Crippen MR) is 105 cm³/mol. The fourth-order valence-corrected chi connectivity index (χ4v) is 3.09. The van der Waals surface area contributed by atoms with Crippen LogP contribution in [-0.2, 0) is 16.1 Å². The Morgan fingerprint density at radius 2 is 2.12 bits per heavy atom. The van der Waals surface area contributed by atoms with Gasteiger partial charge in [-0.3, -0.25) is 4.98 Å². The molecule has 0 spiro atoms. The molecule has 0 aromatic carbocycles. The summed E-state index contributed by atoms with van der Waals surface area (Å²) in [6.45, 7) is 6.63. The second-order valence-corrected chi connectivity index (χ2v) is 6.62. The maximum absolute atomic E-state index is 5.34. The van der Waals surface area contributed by atoms with E-state index in [9.17, 15) is 0 Å². The first-order chi connectivity index (χ1) is 12.1. The van der Waals surface area contributed by atoms with Gasteiger partial charge in [-0.25, -0.2) is 4.98 Å². The van der Waals surface area contributed by atoms with E-state index in [1.807, 2.05) is 42.8 Å². The molecule has 0 atom stereocenters. The van der Waals surface area contributed by atoms with Crippen LogP contribution in [0.4, 0.5) is 5.13 Å². The first-order valence-corrected chi connectivity index (χ1v) is 9.04. The summed E-state index contributed by atoms with van der Waals surface area (Å²) in [5.41, 5.74) is 3.77. The molecule has 2 heterocycles. The van der Waals surface area contributed by atoms with Gasteiger partial charge in [0, 0.05) is 24.7 Å². The molecular formula is C19H25N3O2S. The summed E-state index contributed by atoms with van der Waals surface area (Å²) in [5.74, 6) is 0.802. The molecule has 0 aliphatic rings. The van der Waals surface area contributed by atoms with E-state index in [0.29, 0.717) is 12.6 Å². The fourth-order valence-electron chi connectivity index (χ4n) is 2.24. The number of thiazole rings is 1. The number of nitrogens with zero attached hydrogens (tertiary/aromatic N) is 2. The second-order valence-electron chi connectivity index (χ2n) is 5.77. The van der Waals surface area contributed by atoms with Gasteiger partial charge in [0.1, 0.15) is 11.5 Å². The third-order valence-corrected chi connectivity index (χ3v) is 4.22. The average molecular weight is 359 g/mol. The summed E-state index contributed by atoms with van der Waals surface area (Å²) in [7, 11) is 3.34. The van der Waals surface area contributed by atoms with Crippen molar-refractivity contribution in [3.63, 3.8) is 0 Å². The number of anilines is 1. The highest BCUT2D eigenvalue weighted by molar-refractivity contribution is 7.14. The minimum Gasteiger partial charge on any atom is -0.497 e. The summed E-state index contributed by atoms with van der Waals surface area (Å²) in [6.07, 6.45) is 7.66. The standard InChI is InChI=1S/C19H25N3O2S/c1-6-16(24-5)8-7-14-10-20-17(9-15(14)11-23-4)18-12-25-19(22-18)21-13(2)3/h6-10,12-13H,11H2,1-5H3,(H,21,22)/b8-7-,16-6+. The van der Waals surface area contributed by atoms with Crippen LogP contribution in [-0.4, -0.2) is 30.2 Å². The molecule has 5 nitrogen and oxygen atoms in total. The summed E-state index contributed by atoms with van der Waals surface area (Å²) in [5, 5.41) is 6.24. The summed E-state index contributed by atoms with van der Waals surface area (Å²) in [6, 6.07) is 2.38. The Morgan fingerprint density at radius 3 is 2.76 bits per heavy atom. The van der Waals surface area contributed by atoms with E-state index in [-0.39, 0.29) is 0 Å². The highest BCUT2D eigenvalue weighted by Gasteiger charge is 2.10. The first-order valence-electron chi connectivity index (χ1n) is 8.16. The van der Waals surface area contributed by atoms with Crippen LogP contribution in [0.15, 0.2) is 35.6 Å². The summed E-state index contributed by atoms with van der Waals surface area (Å²) < 4.78 is 10.6. The van der Waals surface area contributed by atoms with E-state index in [4.69, 9.17) is 9.47 Å². The third kappa shape index (κ3) is 5.41. The van der Waals surface area contributed by atoms with Crippen molar-refractivity contribution < 1.29 is 9.47 Å². The topological polar surface area (TPSA) is 56.3 Å². The molecule has 2 rings (SSSR count). The van der Waals surface area contributed by atoms with Gasteiger partial charge in [-0.1, -0.05) is 0 Å². The highest BCUT2D eigenvalue weighted by atomic mass is 32.1. The normalized spacial score (nSPS) is 12.2. The molecule has 0 fully saturated rings. The van der Waals surface area contributed by atoms with Gasteiger partial charge in [-0.15, -0.1) is 11.3 Å². The number of hydrogen-bond donors (Lipinski definition) is 1. The molecule has 2 aromatic heterocycles. The van der Waals surface area contributed by atoms with Crippen LogP contribution in [0.1, 0.15) is 31.9 Å². The van der Waals surface area contributed by atoms with Crippen LogP contribution in [0.25, 0.3) is 17.5 Å². The molecule has 134 valence electrons. The average Bonchev–Trinajstić information content (AvgIpc) is 3.04. The van der Waals surface area contributed by atoms with Crippen LogP contribution in [0.5, 0.6) is 0 Å². The van der Waals surface area contributed by atoms with Crippen LogP contribution in [0, 0.1) is 0 Å². The van der Waals surface area contributed by atoms with Crippen molar-refractivity contribution >= 4 is 22.5 Å². The monoisotopic (exact) mass is 359 g/mol. The van der Waals surface area contributed by atoms with Gasteiger partial charge < -0.3 is 14.8 Å². The molecular weight excluding hydrogens is 334 g/mol. The van der Waals surface area contributed by atoms with Gasteiger partial charge in [-0.2, -0.15) is 0 Å². The molecule has 0 saturated heterocycles. The quantitative estimate of drug-likeness (QED) is 0.545. The Labute approximate surface area is 153 Å². The van der Waals surface area contributed by atoms with Gasteiger partial charge in [0.05, 0.1) is 19.4 Å². The molecule has 0 unspecified atom stereocenters. The smallest absolute Gasteiger partial charge is 0.183 e. The maximum atomic E-state index is 5.34. The minimum atomic E-state index is 0.352. The largest absolute Gasteiger partial charge is 0.497 e. The zero-order valence-corrected chi connectivity index (χ0v) is 16.2. The zero-order valence-electron chi connectivity index (χ0n) is 15.4. The zero-order chi connectivity index (χ0) is 18.2. The van der Waals surface area contributed by atoms with E-state index in [0.717, 1.165) is 33.4 Å². The molecule has 0 amide bonds. The van der Waals surface area contributed by atoms with Gasteiger partial charge in [0.2, 0.25) is 0 Å². The summed E-state index contributed by atoms with van der Waals surface area (Å²) in [4.78, 5) is 9.17. The Kier molecular flexibility index (Phi) is 7.16. The molecule has 2 aromatic rings. The van der Waals surface area contributed by atoms with Crippen molar-refractivity contribution in [3.05, 3.63) is 46.7 Å². The lowest BCUT2D eigenvalue weighted by Crippen LogP contribution is -2.09. The molecule has 25 heavy (non-hydrogen) atoms. The Balaban J connectivity index is 2.30. The second kappa shape index (κ2) is 9.34. The van der Waals surface area contributed by atoms with Crippen molar-refractivity contribution in [2.75, 3.05) is 19.5 Å². The predicted octanol–water partition coefficient (Wildman–Crippen LogP) is 4.74. The van der Waals surface area contributed by atoms with Crippen molar-refractivity contribution in [3.8, 4) is 11.4 Å². The Bertz CT molecular complexity index is 751. The van der Waals surface area contributed by atoms with Crippen LogP contribution < -0.4 is 5.32 Å². The molecule has 1 N–H and O–H groups in total. The van der Waals surface area contributed by atoms with Crippen LogP contribution in [0.3, 0.4) is 0 Å². The number of hydrogen-bond acceptors (Lipinski definition) is 6. The number of ether oxygens (including phenoxy) is 2. The highest BCUT2D eigenvalue weighted by Crippen LogP contribution is 2.26. The lowest BCUT2D eigenvalue weighted by atomic mass is 10.1. The minimum absolute atomic E-state index is 0.352. The lowest BCUT2D eigenvalue weighted by Gasteiger charge is -2.08. The third-order valence-electron chi connectivity index (χ3n) is 3.45. The maximum Gasteiger partial charge on any atom is 0.183 e. The van der Waals surface area contributed by atoms with E-state index < -0.39 is 0 Å². The van der Waals surface area contributed by atoms with Crippen molar-refractivity contribution in [2.45, 2.75) is 33.4 Å². The van der Waals surface area contributed by atoms with Gasteiger partial charge in [0.15, 0.2) is 5.13 Å². The number of pyridine rings is 1. The lowest BCUT2D eigenvalue weighted by molar-refractivity contribution is 0.184. The Hall–Kier alpha value is -2.18. The SMILES string of the molecule is C/C=C(\C=C/c1cnc(-c2csc(NC(C)C)n2)cc1COC)OC. The van der Waals surface area contributed by atoms with Crippen molar-refractivity contribution in [2.24, 2.45) is 0 Å². The molecule has 0 aliphatic heterocycles. The van der Waals surface area contributed by atoms with Crippen LogP contribution in [0.2, 0.25) is 0 Å². The molecule has 0 radical (unpaired) electrons. The number of methoxy groups -OCH3 is 2. The van der Waals surface area contributed by atoms with E-state index in [1.54, 1.807) is 25.6 Å².